The van der Waals surface area contributed by atoms with Crippen molar-refractivity contribution in [2.75, 3.05) is 12.4 Å². The molecular weight excluding hydrogens is 328 g/mol. The molecule has 0 fully saturated rings. The molecule has 0 unspecified atom stereocenters. The molecule has 128 valence electrons. The van der Waals surface area contributed by atoms with Crippen LogP contribution in [0.15, 0.2) is 23.0 Å². The maximum absolute atomic E-state index is 12.2. The fourth-order valence-corrected chi connectivity index (χ4v) is 3.19. The fourth-order valence-electron chi connectivity index (χ4n) is 2.33. The van der Waals surface area contributed by atoms with Gasteiger partial charge in [-0.25, -0.2) is 0 Å². The molecule has 0 bridgehead atoms. The van der Waals surface area contributed by atoms with Gasteiger partial charge < -0.3 is 14.6 Å². The minimum absolute atomic E-state index is 0.0661. The second-order valence-corrected chi connectivity index (χ2v) is 6.59. The van der Waals surface area contributed by atoms with Gasteiger partial charge in [-0.15, -0.1) is 0 Å². The SMILES string of the molecule is COc1ccc(C(C)=O)c(NC(=O)CCn2c(C)c(C)sc2=O)c1. The number of benzene rings is 1. The number of ketones is 1. The molecular formula is C17H20N2O4S. The Kier molecular flexibility index (Phi) is 5.56. The first-order valence-electron chi connectivity index (χ1n) is 7.49. The van der Waals surface area contributed by atoms with Crippen molar-refractivity contribution in [2.24, 2.45) is 0 Å². The maximum Gasteiger partial charge on any atom is 0.307 e. The number of anilines is 1. The van der Waals surface area contributed by atoms with Crippen LogP contribution >= 0.6 is 11.3 Å². The molecule has 24 heavy (non-hydrogen) atoms. The normalized spacial score (nSPS) is 10.5. The Hall–Kier alpha value is -2.41. The zero-order chi connectivity index (χ0) is 17.9. The molecule has 1 amide bonds. The van der Waals surface area contributed by atoms with Crippen LogP contribution < -0.4 is 14.9 Å². The predicted octanol–water partition coefficient (Wildman–Crippen LogP) is 2.77. The van der Waals surface area contributed by atoms with E-state index in [0.717, 1.165) is 10.6 Å². The van der Waals surface area contributed by atoms with Crippen LogP contribution in [0.2, 0.25) is 0 Å². The third kappa shape index (κ3) is 3.91. The lowest BCUT2D eigenvalue weighted by Gasteiger charge is -2.11. The molecule has 7 heteroatoms. The molecule has 1 heterocycles. The van der Waals surface area contributed by atoms with Crippen molar-refractivity contribution in [3.8, 4) is 5.75 Å². The van der Waals surface area contributed by atoms with Gasteiger partial charge in [0.05, 0.1) is 12.8 Å². The average Bonchev–Trinajstić information content (AvgIpc) is 2.77. The second-order valence-electron chi connectivity index (χ2n) is 5.43. The van der Waals surface area contributed by atoms with E-state index in [1.54, 1.807) is 22.8 Å². The Labute approximate surface area is 144 Å². The number of aromatic nitrogens is 1. The molecule has 0 aliphatic heterocycles. The quantitative estimate of drug-likeness (QED) is 0.814. The first kappa shape index (κ1) is 17.9. The topological polar surface area (TPSA) is 77.4 Å². The van der Waals surface area contributed by atoms with Crippen LogP contribution in [0.5, 0.6) is 5.75 Å². The minimum Gasteiger partial charge on any atom is -0.497 e. The highest BCUT2D eigenvalue weighted by Gasteiger charge is 2.13. The van der Waals surface area contributed by atoms with E-state index in [4.69, 9.17) is 4.74 Å². The molecule has 0 spiro atoms. The van der Waals surface area contributed by atoms with Crippen LogP contribution in [0, 0.1) is 13.8 Å². The van der Waals surface area contributed by atoms with E-state index in [-0.39, 0.29) is 23.0 Å². The molecule has 2 rings (SSSR count). The number of hydrogen-bond acceptors (Lipinski definition) is 5. The highest BCUT2D eigenvalue weighted by Crippen LogP contribution is 2.23. The molecule has 0 radical (unpaired) electrons. The highest BCUT2D eigenvalue weighted by atomic mass is 32.1. The van der Waals surface area contributed by atoms with Gasteiger partial charge in [0.2, 0.25) is 5.91 Å². The van der Waals surface area contributed by atoms with Gasteiger partial charge in [-0.3, -0.25) is 14.4 Å². The summed E-state index contributed by atoms with van der Waals surface area (Å²) in [6, 6.07) is 4.90. The van der Waals surface area contributed by atoms with Gasteiger partial charge in [0.15, 0.2) is 5.78 Å². The number of amides is 1. The number of nitrogens with one attached hydrogen (secondary N) is 1. The van der Waals surface area contributed by atoms with Gasteiger partial charge in [-0.2, -0.15) is 0 Å². The molecule has 1 aromatic heterocycles. The maximum atomic E-state index is 12.2. The van der Waals surface area contributed by atoms with Crippen LogP contribution in [0.3, 0.4) is 0 Å². The van der Waals surface area contributed by atoms with Gasteiger partial charge in [0.1, 0.15) is 5.75 Å². The summed E-state index contributed by atoms with van der Waals surface area (Å²) in [5.74, 6) is 0.144. The molecule has 0 aliphatic rings. The van der Waals surface area contributed by atoms with Gasteiger partial charge >= 0.3 is 4.87 Å². The minimum atomic E-state index is -0.263. The molecule has 0 aliphatic carbocycles. The molecule has 0 saturated heterocycles. The third-order valence-electron chi connectivity index (χ3n) is 3.82. The Morgan fingerprint density at radius 1 is 1.29 bits per heavy atom. The van der Waals surface area contributed by atoms with E-state index >= 15 is 0 Å². The van der Waals surface area contributed by atoms with Crippen molar-refractivity contribution < 1.29 is 14.3 Å². The van der Waals surface area contributed by atoms with Crippen molar-refractivity contribution in [2.45, 2.75) is 33.7 Å². The van der Waals surface area contributed by atoms with E-state index in [9.17, 15) is 14.4 Å². The first-order valence-corrected chi connectivity index (χ1v) is 8.30. The Balaban J connectivity index is 2.12. The number of methoxy groups -OCH3 is 1. The lowest BCUT2D eigenvalue weighted by Crippen LogP contribution is -2.21. The number of Topliss-reactive ketones (excluding diaryl/α,β-unsaturated/α-hetero) is 1. The number of carbonyl (C=O) groups excluding carboxylic acids is 2. The number of hydrogen-bond donors (Lipinski definition) is 1. The zero-order valence-electron chi connectivity index (χ0n) is 14.1. The number of ether oxygens (including phenoxy) is 1. The lowest BCUT2D eigenvalue weighted by molar-refractivity contribution is -0.116. The highest BCUT2D eigenvalue weighted by molar-refractivity contribution is 7.09. The molecule has 1 N–H and O–H groups in total. The largest absolute Gasteiger partial charge is 0.497 e. The van der Waals surface area contributed by atoms with E-state index in [0.29, 0.717) is 23.5 Å². The standard InChI is InChI=1S/C17H20N2O4S/c1-10-12(3)24-17(22)19(10)8-7-16(21)18-15-9-13(23-4)5-6-14(15)11(2)20/h5-6,9H,7-8H2,1-4H3,(H,18,21). The molecule has 2 aromatic rings. The molecule has 0 saturated carbocycles. The van der Waals surface area contributed by atoms with Crippen LogP contribution in [0.25, 0.3) is 0 Å². The Morgan fingerprint density at radius 3 is 2.54 bits per heavy atom. The second kappa shape index (κ2) is 7.44. The summed E-state index contributed by atoms with van der Waals surface area (Å²) in [5.41, 5.74) is 1.71. The number of thiazole rings is 1. The van der Waals surface area contributed by atoms with Crippen molar-refractivity contribution in [3.63, 3.8) is 0 Å². The van der Waals surface area contributed by atoms with Crippen LogP contribution in [0.1, 0.15) is 34.3 Å². The summed E-state index contributed by atoms with van der Waals surface area (Å²) in [5, 5.41) is 2.73. The van der Waals surface area contributed by atoms with Crippen molar-refractivity contribution in [1.82, 2.24) is 4.57 Å². The van der Waals surface area contributed by atoms with Gasteiger partial charge in [-0.1, -0.05) is 11.3 Å². The van der Waals surface area contributed by atoms with Gasteiger partial charge in [0.25, 0.3) is 0 Å². The van der Waals surface area contributed by atoms with E-state index < -0.39 is 0 Å². The number of rotatable bonds is 6. The first-order chi connectivity index (χ1) is 11.3. The van der Waals surface area contributed by atoms with E-state index in [1.807, 2.05) is 13.8 Å². The van der Waals surface area contributed by atoms with Crippen LogP contribution in [0.4, 0.5) is 5.69 Å². The summed E-state index contributed by atoms with van der Waals surface area (Å²) in [6.45, 7) is 5.49. The number of aryl methyl sites for hydroxylation is 1. The molecule has 1 aromatic carbocycles. The summed E-state index contributed by atoms with van der Waals surface area (Å²) in [4.78, 5) is 36.6. The predicted molar refractivity (Wildman–Crippen MR) is 94.3 cm³/mol. The Morgan fingerprint density at radius 2 is 2.00 bits per heavy atom. The summed E-state index contributed by atoms with van der Waals surface area (Å²) >= 11 is 1.18. The van der Waals surface area contributed by atoms with E-state index in [1.165, 1.54) is 25.4 Å². The van der Waals surface area contributed by atoms with Crippen molar-refractivity contribution >= 4 is 28.7 Å². The average molecular weight is 348 g/mol. The van der Waals surface area contributed by atoms with E-state index in [2.05, 4.69) is 5.32 Å². The van der Waals surface area contributed by atoms with Gasteiger partial charge in [-0.05, 0) is 32.9 Å². The summed E-state index contributed by atoms with van der Waals surface area (Å²) in [6.07, 6.45) is 0.144. The van der Waals surface area contributed by atoms with Crippen LogP contribution in [-0.4, -0.2) is 23.4 Å². The zero-order valence-corrected chi connectivity index (χ0v) is 15.0. The summed E-state index contributed by atoms with van der Waals surface area (Å²) < 4.78 is 6.72. The number of carbonyl (C=O) groups is 2. The monoisotopic (exact) mass is 348 g/mol. The summed E-state index contributed by atoms with van der Waals surface area (Å²) in [7, 11) is 1.52. The van der Waals surface area contributed by atoms with Crippen LogP contribution in [-0.2, 0) is 11.3 Å². The lowest BCUT2D eigenvalue weighted by atomic mass is 10.1. The third-order valence-corrected chi connectivity index (χ3v) is 4.81. The smallest absolute Gasteiger partial charge is 0.307 e. The fraction of sp³-hybridized carbons (Fsp3) is 0.353. The van der Waals surface area contributed by atoms with Crippen molar-refractivity contribution in [3.05, 3.63) is 44.0 Å². The van der Waals surface area contributed by atoms with Gasteiger partial charge in [0, 0.05) is 35.2 Å². The molecule has 0 atom stereocenters. The Bertz CT molecular complexity index is 836. The molecule has 6 nitrogen and oxygen atoms in total. The number of nitrogens with zero attached hydrogens (tertiary/aromatic N) is 1. The van der Waals surface area contributed by atoms with Crippen molar-refractivity contribution in [1.29, 1.82) is 0 Å².